The molecule has 2 aliphatic rings. The molecule has 2 heterocycles. The Morgan fingerprint density at radius 1 is 1.32 bits per heavy atom. The highest BCUT2D eigenvalue weighted by Gasteiger charge is 2.43. The molecule has 0 aliphatic carbocycles. The molecule has 0 aromatic heterocycles. The monoisotopic (exact) mass is 447 g/mol. The van der Waals surface area contributed by atoms with Gasteiger partial charge in [0.2, 0.25) is 0 Å². The maximum Gasteiger partial charge on any atom is 0.304 e. The van der Waals surface area contributed by atoms with Gasteiger partial charge in [0.15, 0.2) is 11.6 Å². The second-order valence-corrected chi connectivity index (χ2v) is 8.76. The first kappa shape index (κ1) is 21.9. The zero-order valence-corrected chi connectivity index (χ0v) is 18.4. The van der Waals surface area contributed by atoms with Crippen molar-refractivity contribution < 1.29 is 23.8 Å². The number of nitrogens with zero attached hydrogens (tertiary/aromatic N) is 1. The molecule has 1 fully saturated rings. The molecule has 1 saturated heterocycles. The second kappa shape index (κ2) is 9.05. The first-order chi connectivity index (χ1) is 14.9. The molecule has 2 aromatic rings. The van der Waals surface area contributed by atoms with Gasteiger partial charge in [0, 0.05) is 34.2 Å². The van der Waals surface area contributed by atoms with E-state index in [4.69, 9.17) is 26.2 Å². The van der Waals surface area contributed by atoms with Crippen molar-refractivity contribution in [2.45, 2.75) is 44.6 Å². The van der Waals surface area contributed by atoms with Crippen molar-refractivity contribution in [2.75, 3.05) is 26.2 Å². The highest BCUT2D eigenvalue weighted by atomic mass is 35.5. The van der Waals surface area contributed by atoms with E-state index in [1.54, 1.807) is 12.1 Å². The summed E-state index contributed by atoms with van der Waals surface area (Å²) < 4.78 is 26.7. The minimum Gasteiger partial charge on any atom is -0.492 e. The molecule has 2 aliphatic heterocycles. The van der Waals surface area contributed by atoms with E-state index in [0.717, 1.165) is 49.0 Å². The molecule has 0 atom stereocenters. The minimum atomic E-state index is -0.785. The summed E-state index contributed by atoms with van der Waals surface area (Å²) in [5.41, 5.74) is 2.63. The van der Waals surface area contributed by atoms with Crippen LogP contribution in [-0.2, 0) is 23.2 Å². The number of rotatable bonds is 7. The Balaban J connectivity index is 1.47. The third-order valence-electron chi connectivity index (χ3n) is 6.53. The number of benzene rings is 2. The Hall–Kier alpha value is -2.31. The topological polar surface area (TPSA) is 59.0 Å². The molecule has 0 radical (unpaired) electrons. The maximum absolute atomic E-state index is 15.0. The van der Waals surface area contributed by atoms with Crippen molar-refractivity contribution in [1.82, 2.24) is 4.90 Å². The first-order valence-corrected chi connectivity index (χ1v) is 11.1. The van der Waals surface area contributed by atoms with Crippen LogP contribution in [0.3, 0.4) is 0 Å². The number of fused-ring (bicyclic) bond motifs is 2. The fourth-order valence-corrected chi connectivity index (χ4v) is 4.84. The quantitative estimate of drug-likeness (QED) is 0.659. The Morgan fingerprint density at radius 3 is 2.81 bits per heavy atom. The largest absolute Gasteiger partial charge is 0.492 e. The van der Waals surface area contributed by atoms with Gasteiger partial charge in [-0.1, -0.05) is 30.7 Å². The fourth-order valence-electron chi connectivity index (χ4n) is 4.59. The Labute approximate surface area is 186 Å². The molecule has 4 rings (SSSR count). The van der Waals surface area contributed by atoms with Crippen molar-refractivity contribution in [1.29, 1.82) is 0 Å². The molecule has 5 nitrogen and oxygen atoms in total. The van der Waals surface area contributed by atoms with E-state index in [1.807, 2.05) is 25.1 Å². The zero-order valence-electron chi connectivity index (χ0n) is 17.6. The molecule has 0 bridgehead atoms. The van der Waals surface area contributed by atoms with Gasteiger partial charge in [0.05, 0.1) is 13.0 Å². The number of hydrogen-bond donors (Lipinski definition) is 1. The molecule has 0 unspecified atom stereocenters. The number of hydrogen-bond acceptors (Lipinski definition) is 4. The van der Waals surface area contributed by atoms with Crippen molar-refractivity contribution in [2.24, 2.45) is 0 Å². The summed E-state index contributed by atoms with van der Waals surface area (Å²) in [6.45, 7) is 4.86. The van der Waals surface area contributed by atoms with Crippen molar-refractivity contribution in [3.8, 4) is 11.5 Å². The summed E-state index contributed by atoms with van der Waals surface area (Å²) in [6.07, 6.45) is 2.60. The fraction of sp³-hybridized carbons (Fsp3) is 0.458. The molecule has 0 saturated carbocycles. The zero-order chi connectivity index (χ0) is 22.0. The van der Waals surface area contributed by atoms with Gasteiger partial charge in [-0.2, -0.15) is 0 Å². The van der Waals surface area contributed by atoms with Crippen LogP contribution in [0.15, 0.2) is 30.3 Å². The van der Waals surface area contributed by atoms with Crippen LogP contribution in [0.2, 0.25) is 5.02 Å². The number of likely N-dealkylation sites (tertiary alicyclic amines) is 1. The molecule has 1 spiro atoms. The highest BCUT2D eigenvalue weighted by molar-refractivity contribution is 6.31. The van der Waals surface area contributed by atoms with Crippen LogP contribution in [-0.4, -0.2) is 42.2 Å². The summed E-state index contributed by atoms with van der Waals surface area (Å²) in [4.78, 5) is 13.0. The number of halogens is 2. The van der Waals surface area contributed by atoms with Gasteiger partial charge in [-0.3, -0.25) is 4.79 Å². The van der Waals surface area contributed by atoms with E-state index in [0.29, 0.717) is 23.9 Å². The molecule has 31 heavy (non-hydrogen) atoms. The number of piperidine rings is 1. The van der Waals surface area contributed by atoms with Gasteiger partial charge in [0.25, 0.3) is 0 Å². The number of ether oxygens (including phenoxy) is 2. The Kier molecular flexibility index (Phi) is 6.39. The maximum atomic E-state index is 15.0. The molecule has 1 N–H and O–H groups in total. The van der Waals surface area contributed by atoms with Gasteiger partial charge in [-0.15, -0.1) is 0 Å². The lowest BCUT2D eigenvalue weighted by Crippen LogP contribution is -2.44. The van der Waals surface area contributed by atoms with Crippen LogP contribution in [0, 0.1) is 5.82 Å². The smallest absolute Gasteiger partial charge is 0.304 e. The number of carboxylic acids is 1. The third-order valence-corrected chi connectivity index (χ3v) is 6.89. The first-order valence-electron chi connectivity index (χ1n) is 10.7. The lowest BCUT2D eigenvalue weighted by molar-refractivity contribution is -0.137. The van der Waals surface area contributed by atoms with E-state index in [9.17, 15) is 9.18 Å². The predicted molar refractivity (Wildman–Crippen MR) is 117 cm³/mol. The van der Waals surface area contributed by atoms with E-state index >= 15 is 0 Å². The summed E-state index contributed by atoms with van der Waals surface area (Å²) in [7, 11) is 0. The van der Waals surface area contributed by atoms with Crippen LogP contribution < -0.4 is 9.47 Å². The lowest BCUT2D eigenvalue weighted by Gasteiger charge is -2.38. The third kappa shape index (κ3) is 4.51. The van der Waals surface area contributed by atoms with E-state index < -0.39 is 11.8 Å². The predicted octanol–water partition coefficient (Wildman–Crippen LogP) is 4.82. The van der Waals surface area contributed by atoms with Crippen LogP contribution in [0.25, 0.3) is 0 Å². The van der Waals surface area contributed by atoms with Gasteiger partial charge < -0.3 is 19.5 Å². The van der Waals surface area contributed by atoms with Gasteiger partial charge in [-0.05, 0) is 50.0 Å². The van der Waals surface area contributed by atoms with E-state index in [1.165, 1.54) is 0 Å². The van der Waals surface area contributed by atoms with Crippen molar-refractivity contribution >= 4 is 17.6 Å². The SMILES string of the molecule is CCc1cccc(Cl)c1COc1cc2c(cc1F)C1(CCN(CCC(=O)O)CC1)CO2. The minimum absolute atomic E-state index is 0.139. The molecule has 2 aromatic carbocycles. The van der Waals surface area contributed by atoms with Gasteiger partial charge >= 0.3 is 5.97 Å². The number of carbonyl (C=O) groups is 1. The number of aryl methyl sites for hydroxylation is 1. The second-order valence-electron chi connectivity index (χ2n) is 8.35. The summed E-state index contributed by atoms with van der Waals surface area (Å²) >= 11 is 6.32. The van der Waals surface area contributed by atoms with Gasteiger partial charge in [0.1, 0.15) is 12.4 Å². The van der Waals surface area contributed by atoms with Crippen LogP contribution in [0.5, 0.6) is 11.5 Å². The van der Waals surface area contributed by atoms with E-state index in [2.05, 4.69) is 4.90 Å². The summed E-state index contributed by atoms with van der Waals surface area (Å²) in [5, 5.41) is 9.51. The normalized spacial score (nSPS) is 17.4. The summed E-state index contributed by atoms with van der Waals surface area (Å²) in [6, 6.07) is 8.92. The molecular formula is C24H27ClFNO4. The highest BCUT2D eigenvalue weighted by Crippen LogP contribution is 2.47. The Bertz CT molecular complexity index is 972. The lowest BCUT2D eigenvalue weighted by atomic mass is 9.74. The molecule has 7 heteroatoms. The van der Waals surface area contributed by atoms with E-state index in [-0.39, 0.29) is 24.2 Å². The van der Waals surface area contributed by atoms with Crippen LogP contribution in [0.4, 0.5) is 4.39 Å². The van der Waals surface area contributed by atoms with Crippen molar-refractivity contribution in [3.05, 3.63) is 57.9 Å². The van der Waals surface area contributed by atoms with Crippen molar-refractivity contribution in [3.63, 3.8) is 0 Å². The standard InChI is InChI=1S/C24H27ClFNO4/c1-2-16-4-3-5-19(25)17(16)14-30-22-13-21-18(12-20(22)26)24(15-31-21)7-10-27(11-8-24)9-6-23(28)29/h3-5,12-13H,2,6-11,14-15H2,1H3,(H,28,29). The number of aliphatic carboxylic acids is 1. The number of carboxylic acid groups (broad SMARTS) is 1. The molecule has 166 valence electrons. The van der Waals surface area contributed by atoms with Crippen LogP contribution in [0.1, 0.15) is 42.9 Å². The average molecular weight is 448 g/mol. The van der Waals surface area contributed by atoms with Crippen LogP contribution >= 0.6 is 11.6 Å². The Morgan fingerprint density at radius 2 is 2.10 bits per heavy atom. The molecular weight excluding hydrogens is 421 g/mol. The summed E-state index contributed by atoms with van der Waals surface area (Å²) in [5.74, 6) is -0.351. The molecule has 0 amide bonds. The average Bonchev–Trinajstić information content (AvgIpc) is 3.09. The van der Waals surface area contributed by atoms with Gasteiger partial charge in [-0.25, -0.2) is 4.39 Å².